The maximum Gasteiger partial charge on any atom is 0.255 e. The van der Waals surface area contributed by atoms with Crippen LogP contribution in [0.25, 0.3) is 0 Å². The Morgan fingerprint density at radius 1 is 1.25 bits per heavy atom. The molecule has 4 rings (SSSR count). The number of piperidine rings is 1. The number of carbonyl (C=O) groups excluding carboxylic acids is 2. The van der Waals surface area contributed by atoms with E-state index in [1.165, 1.54) is 12.8 Å². The second-order valence-electron chi connectivity index (χ2n) is 8.00. The van der Waals surface area contributed by atoms with Crippen LogP contribution in [0.4, 0.5) is 0 Å². The highest BCUT2D eigenvalue weighted by Crippen LogP contribution is 2.32. The number of fused-ring (bicyclic) bond motifs is 1. The van der Waals surface area contributed by atoms with Gasteiger partial charge in [0, 0.05) is 23.8 Å². The molecule has 0 spiro atoms. The van der Waals surface area contributed by atoms with Crippen LogP contribution >= 0.6 is 0 Å². The van der Waals surface area contributed by atoms with E-state index in [9.17, 15) is 9.59 Å². The molecule has 2 aliphatic heterocycles. The molecule has 1 saturated heterocycles. The van der Waals surface area contributed by atoms with Gasteiger partial charge in [0.25, 0.3) is 5.91 Å². The molecule has 0 bridgehead atoms. The second-order valence-corrected chi connectivity index (χ2v) is 8.00. The molecule has 6 heteroatoms. The first-order valence-electron chi connectivity index (χ1n) is 10.4. The number of amides is 2. The summed E-state index contributed by atoms with van der Waals surface area (Å²) in [4.78, 5) is 26.8. The van der Waals surface area contributed by atoms with Gasteiger partial charge < -0.3 is 20.3 Å². The summed E-state index contributed by atoms with van der Waals surface area (Å²) in [5.74, 6) is 0.603. The van der Waals surface area contributed by atoms with Crippen molar-refractivity contribution >= 4 is 11.8 Å². The summed E-state index contributed by atoms with van der Waals surface area (Å²) >= 11 is 0. The first-order valence-corrected chi connectivity index (χ1v) is 10.4. The molecule has 3 atom stereocenters. The van der Waals surface area contributed by atoms with E-state index in [0.29, 0.717) is 31.0 Å². The Morgan fingerprint density at radius 2 is 2.07 bits per heavy atom. The predicted octanol–water partition coefficient (Wildman–Crippen LogP) is 2.73. The Labute approximate surface area is 166 Å². The molecular weight excluding hydrogens is 354 g/mol. The van der Waals surface area contributed by atoms with Crippen molar-refractivity contribution in [1.82, 2.24) is 15.5 Å². The average Bonchev–Trinajstić information content (AvgIpc) is 2.99. The molecule has 0 radical (unpaired) electrons. The number of allylic oxidation sites excluding steroid dienone is 1. The monoisotopic (exact) mass is 383 g/mol. The minimum absolute atomic E-state index is 0.0718. The summed E-state index contributed by atoms with van der Waals surface area (Å²) in [6.45, 7) is 7.33. The summed E-state index contributed by atoms with van der Waals surface area (Å²) in [5.41, 5.74) is 2.34. The lowest BCUT2D eigenvalue weighted by Gasteiger charge is -2.32. The minimum atomic E-state index is -0.425. The molecule has 150 valence electrons. The van der Waals surface area contributed by atoms with Gasteiger partial charge in [-0.05, 0) is 62.4 Å². The fourth-order valence-electron chi connectivity index (χ4n) is 4.61. The largest absolute Gasteiger partial charge is 0.489 e. The molecule has 3 aliphatic rings. The van der Waals surface area contributed by atoms with Gasteiger partial charge in [0.05, 0.1) is 0 Å². The summed E-state index contributed by atoms with van der Waals surface area (Å²) < 4.78 is 6.31. The molecule has 1 aromatic rings. The molecule has 6 nitrogen and oxygen atoms in total. The molecule has 2 heterocycles. The third kappa shape index (κ3) is 3.65. The summed E-state index contributed by atoms with van der Waals surface area (Å²) in [7, 11) is 0. The minimum Gasteiger partial charge on any atom is -0.489 e. The van der Waals surface area contributed by atoms with Crippen molar-refractivity contribution in [1.29, 1.82) is 0 Å². The van der Waals surface area contributed by atoms with Crippen LogP contribution in [0.5, 0.6) is 5.75 Å². The number of hydrogen-bond donors (Lipinski definition) is 2. The van der Waals surface area contributed by atoms with Crippen molar-refractivity contribution in [2.75, 3.05) is 6.54 Å². The van der Waals surface area contributed by atoms with Crippen molar-refractivity contribution in [3.63, 3.8) is 0 Å². The van der Waals surface area contributed by atoms with E-state index >= 15 is 0 Å². The van der Waals surface area contributed by atoms with E-state index in [4.69, 9.17) is 4.74 Å². The van der Waals surface area contributed by atoms with Crippen LogP contribution in [0.1, 0.15) is 61.4 Å². The molecule has 0 aromatic heterocycles. The first kappa shape index (κ1) is 19.0. The predicted molar refractivity (Wildman–Crippen MR) is 107 cm³/mol. The lowest BCUT2D eigenvalue weighted by Crippen LogP contribution is -2.49. The number of nitrogens with one attached hydrogen (secondary N) is 2. The topological polar surface area (TPSA) is 70.7 Å². The molecule has 2 N–H and O–H groups in total. The zero-order valence-electron chi connectivity index (χ0n) is 16.5. The average molecular weight is 383 g/mol. The van der Waals surface area contributed by atoms with E-state index in [-0.39, 0.29) is 17.9 Å². The summed E-state index contributed by atoms with van der Waals surface area (Å²) in [6.07, 6.45) is 6.10. The highest BCUT2D eigenvalue weighted by molar-refractivity contribution is 6.01. The van der Waals surface area contributed by atoms with Crippen LogP contribution < -0.4 is 15.4 Å². The van der Waals surface area contributed by atoms with Crippen molar-refractivity contribution in [3.8, 4) is 5.75 Å². The Balaban J connectivity index is 1.48. The van der Waals surface area contributed by atoms with E-state index in [2.05, 4.69) is 24.1 Å². The summed E-state index contributed by atoms with van der Waals surface area (Å²) in [5, 5.41) is 6.31. The maximum absolute atomic E-state index is 12.8. The normalized spacial score (nSPS) is 27.5. The first-order chi connectivity index (χ1) is 13.6. The molecule has 1 aliphatic carbocycles. The number of likely N-dealkylation sites (N-methyl/N-ethyl adjacent to an activating group) is 1. The summed E-state index contributed by atoms with van der Waals surface area (Å²) in [6, 6.07) is 5.67. The van der Waals surface area contributed by atoms with Crippen LogP contribution in [0.2, 0.25) is 0 Å². The molecule has 1 saturated carbocycles. The van der Waals surface area contributed by atoms with Gasteiger partial charge in [0.15, 0.2) is 0 Å². The van der Waals surface area contributed by atoms with E-state index < -0.39 is 6.04 Å². The Hall–Kier alpha value is -2.34. The third-order valence-electron chi connectivity index (χ3n) is 6.06. The molecule has 2 amide bonds. The number of hydrogen-bond acceptors (Lipinski definition) is 4. The van der Waals surface area contributed by atoms with Crippen LogP contribution in [0.15, 0.2) is 30.5 Å². The van der Waals surface area contributed by atoms with Crippen molar-refractivity contribution < 1.29 is 14.3 Å². The second kappa shape index (κ2) is 7.95. The van der Waals surface area contributed by atoms with Crippen LogP contribution in [0, 0.1) is 0 Å². The van der Waals surface area contributed by atoms with Crippen LogP contribution in [-0.4, -0.2) is 41.4 Å². The molecule has 2 fully saturated rings. The number of rotatable bonds is 5. The fourth-order valence-corrected chi connectivity index (χ4v) is 4.61. The number of benzene rings is 1. The van der Waals surface area contributed by atoms with Gasteiger partial charge >= 0.3 is 0 Å². The van der Waals surface area contributed by atoms with Crippen molar-refractivity contribution in [2.45, 2.75) is 70.2 Å². The molecular formula is C22H29N3O3. The zero-order chi connectivity index (χ0) is 19.7. The highest BCUT2D eigenvalue weighted by atomic mass is 16.5. The lowest BCUT2D eigenvalue weighted by molar-refractivity contribution is -0.126. The van der Waals surface area contributed by atoms with Gasteiger partial charge in [0.2, 0.25) is 5.91 Å². The van der Waals surface area contributed by atoms with Gasteiger partial charge in [-0.1, -0.05) is 19.9 Å². The van der Waals surface area contributed by atoms with Gasteiger partial charge in [-0.3, -0.25) is 9.59 Å². The maximum atomic E-state index is 12.8. The van der Waals surface area contributed by atoms with Crippen molar-refractivity contribution in [3.05, 3.63) is 41.6 Å². The zero-order valence-corrected chi connectivity index (χ0v) is 16.5. The smallest absolute Gasteiger partial charge is 0.255 e. The number of carbonyl (C=O) groups is 2. The standard InChI is InChI=1S/C22H29N3O3/c1-3-23-18-6-4-5-7-20(18)28-16-9-10-17-15(12-16)13-25(22(17)27)19-11-8-14(2)24-21(19)26/h9-10,12,18-20,23H,2-8,11,13H2,1H3,(H,24,26). The Kier molecular flexibility index (Phi) is 5.40. The molecule has 28 heavy (non-hydrogen) atoms. The van der Waals surface area contributed by atoms with Crippen molar-refractivity contribution in [2.24, 2.45) is 0 Å². The lowest BCUT2D eigenvalue weighted by atomic mass is 9.92. The van der Waals surface area contributed by atoms with Crippen LogP contribution in [0.3, 0.4) is 0 Å². The van der Waals surface area contributed by atoms with Gasteiger partial charge in [0.1, 0.15) is 17.9 Å². The van der Waals surface area contributed by atoms with Gasteiger partial charge in [-0.2, -0.15) is 0 Å². The Bertz CT molecular complexity index is 789. The van der Waals surface area contributed by atoms with E-state index in [1.54, 1.807) is 4.90 Å². The van der Waals surface area contributed by atoms with Crippen LogP contribution in [-0.2, 0) is 11.3 Å². The van der Waals surface area contributed by atoms with Gasteiger partial charge in [-0.15, -0.1) is 0 Å². The van der Waals surface area contributed by atoms with E-state index in [0.717, 1.165) is 36.4 Å². The quantitative estimate of drug-likeness (QED) is 0.820. The highest BCUT2D eigenvalue weighted by Gasteiger charge is 2.38. The SMILES string of the molecule is C=C1CCC(N2Cc3cc(OC4CCCCC4NCC)ccc3C2=O)C(=O)N1. The van der Waals surface area contributed by atoms with Gasteiger partial charge in [-0.25, -0.2) is 0 Å². The third-order valence-corrected chi connectivity index (χ3v) is 6.06. The molecule has 3 unspecified atom stereocenters. The number of nitrogens with zero attached hydrogens (tertiary/aromatic N) is 1. The number of ether oxygens (including phenoxy) is 1. The Morgan fingerprint density at radius 3 is 2.86 bits per heavy atom. The molecule has 1 aromatic carbocycles. The van der Waals surface area contributed by atoms with E-state index in [1.807, 2.05) is 18.2 Å². The fraction of sp³-hybridized carbons (Fsp3) is 0.545.